The van der Waals surface area contributed by atoms with Crippen molar-refractivity contribution >= 4 is 40.3 Å². The van der Waals surface area contributed by atoms with Crippen molar-refractivity contribution in [1.82, 2.24) is 0 Å². The first-order valence-electron chi connectivity index (χ1n) is 6.59. The van der Waals surface area contributed by atoms with Gasteiger partial charge in [-0.15, -0.1) is 0 Å². The lowest BCUT2D eigenvalue weighted by atomic mass is 10.2. The smallest absolute Gasteiger partial charge is 0.175 e. The molecule has 3 nitrogen and oxygen atoms in total. The highest BCUT2D eigenvalue weighted by molar-refractivity contribution is 7.80. The van der Waals surface area contributed by atoms with Crippen molar-refractivity contribution in [3.63, 3.8) is 0 Å². The summed E-state index contributed by atoms with van der Waals surface area (Å²) in [5.74, 6) is 0.201. The van der Waals surface area contributed by atoms with Crippen LogP contribution in [-0.2, 0) is 0 Å². The summed E-state index contributed by atoms with van der Waals surface area (Å²) < 4.78 is 19.1. The van der Waals surface area contributed by atoms with Crippen LogP contribution in [0.2, 0.25) is 5.02 Å². The Bertz CT molecular complexity index is 722. The number of anilines is 2. The van der Waals surface area contributed by atoms with Gasteiger partial charge in [-0.25, -0.2) is 4.39 Å². The van der Waals surface area contributed by atoms with Gasteiger partial charge in [0, 0.05) is 11.1 Å². The van der Waals surface area contributed by atoms with Gasteiger partial charge in [-0.3, -0.25) is 0 Å². The molecule has 0 bridgehead atoms. The molecule has 0 saturated carbocycles. The molecule has 2 rings (SSSR count). The van der Waals surface area contributed by atoms with Crippen molar-refractivity contribution in [3.05, 3.63) is 52.3 Å². The van der Waals surface area contributed by atoms with Gasteiger partial charge >= 0.3 is 0 Å². The third-order valence-electron chi connectivity index (χ3n) is 3.10. The maximum atomic E-state index is 13.8. The van der Waals surface area contributed by atoms with Crippen LogP contribution in [0.25, 0.3) is 0 Å². The van der Waals surface area contributed by atoms with Crippen LogP contribution in [0.5, 0.6) is 5.75 Å². The van der Waals surface area contributed by atoms with Gasteiger partial charge < -0.3 is 15.4 Å². The van der Waals surface area contributed by atoms with E-state index in [9.17, 15) is 4.39 Å². The fourth-order valence-electron chi connectivity index (χ4n) is 1.93. The van der Waals surface area contributed by atoms with Gasteiger partial charge in [0.2, 0.25) is 0 Å². The molecule has 6 heteroatoms. The van der Waals surface area contributed by atoms with Crippen LogP contribution >= 0.6 is 23.8 Å². The van der Waals surface area contributed by atoms with Gasteiger partial charge in [0.1, 0.15) is 11.6 Å². The summed E-state index contributed by atoms with van der Waals surface area (Å²) in [6.45, 7) is 3.70. The highest BCUT2D eigenvalue weighted by Crippen LogP contribution is 2.31. The van der Waals surface area contributed by atoms with Gasteiger partial charge in [0.25, 0.3) is 0 Å². The van der Waals surface area contributed by atoms with Crippen molar-refractivity contribution in [3.8, 4) is 5.75 Å². The second-order valence-corrected chi connectivity index (χ2v) is 5.68. The predicted molar refractivity (Wildman–Crippen MR) is 93.7 cm³/mol. The molecule has 0 amide bonds. The van der Waals surface area contributed by atoms with E-state index >= 15 is 0 Å². The number of rotatable bonds is 3. The summed E-state index contributed by atoms with van der Waals surface area (Å²) in [6.07, 6.45) is 0. The molecular weight excluding hydrogens is 323 g/mol. The zero-order chi connectivity index (χ0) is 16.3. The maximum Gasteiger partial charge on any atom is 0.175 e. The molecule has 2 aromatic carbocycles. The van der Waals surface area contributed by atoms with Crippen LogP contribution in [0.1, 0.15) is 11.1 Å². The Balaban J connectivity index is 2.17. The molecule has 22 heavy (non-hydrogen) atoms. The van der Waals surface area contributed by atoms with E-state index in [4.69, 9.17) is 28.6 Å². The first kappa shape index (κ1) is 16.5. The van der Waals surface area contributed by atoms with Gasteiger partial charge in [-0.05, 0) is 55.4 Å². The normalized spacial score (nSPS) is 10.2. The lowest BCUT2D eigenvalue weighted by Gasteiger charge is -2.15. The predicted octanol–water partition coefficient (Wildman–Crippen LogP) is 4.91. The van der Waals surface area contributed by atoms with Crippen LogP contribution in [0.4, 0.5) is 15.8 Å². The maximum absolute atomic E-state index is 13.8. The van der Waals surface area contributed by atoms with Crippen molar-refractivity contribution in [2.45, 2.75) is 13.8 Å². The number of nitrogens with one attached hydrogen (secondary N) is 2. The van der Waals surface area contributed by atoms with E-state index in [0.29, 0.717) is 22.1 Å². The highest BCUT2D eigenvalue weighted by atomic mass is 35.5. The van der Waals surface area contributed by atoms with E-state index in [1.165, 1.54) is 6.07 Å². The Morgan fingerprint density at radius 3 is 2.45 bits per heavy atom. The van der Waals surface area contributed by atoms with E-state index in [0.717, 1.165) is 11.1 Å². The number of ether oxygens (including phenoxy) is 1. The molecule has 2 N–H and O–H groups in total. The second-order valence-electron chi connectivity index (χ2n) is 4.86. The lowest BCUT2D eigenvalue weighted by Crippen LogP contribution is -2.20. The van der Waals surface area contributed by atoms with Crippen molar-refractivity contribution in [2.24, 2.45) is 0 Å². The van der Waals surface area contributed by atoms with Crippen molar-refractivity contribution in [2.75, 3.05) is 17.7 Å². The average Bonchev–Trinajstić information content (AvgIpc) is 2.45. The fraction of sp³-hybridized carbons (Fsp3) is 0.188. The minimum Gasteiger partial charge on any atom is -0.495 e. The fourth-order valence-corrected chi connectivity index (χ4v) is 2.30. The Morgan fingerprint density at radius 1 is 1.14 bits per heavy atom. The van der Waals surface area contributed by atoms with Crippen LogP contribution in [-0.4, -0.2) is 12.2 Å². The number of benzene rings is 2. The first-order valence-corrected chi connectivity index (χ1v) is 7.37. The molecule has 0 unspecified atom stereocenters. The molecule has 0 radical (unpaired) electrons. The van der Waals surface area contributed by atoms with Crippen molar-refractivity contribution in [1.29, 1.82) is 0 Å². The van der Waals surface area contributed by atoms with E-state index in [-0.39, 0.29) is 10.9 Å². The third-order valence-corrected chi connectivity index (χ3v) is 3.71. The molecule has 0 aliphatic heterocycles. The average molecular weight is 339 g/mol. The Labute approximate surface area is 139 Å². The highest BCUT2D eigenvalue weighted by Gasteiger charge is 2.10. The number of thiocarbonyl (C=S) groups is 1. The van der Waals surface area contributed by atoms with Gasteiger partial charge in [-0.2, -0.15) is 0 Å². The zero-order valence-corrected chi connectivity index (χ0v) is 14.0. The molecule has 0 aliphatic rings. The monoisotopic (exact) mass is 338 g/mol. The minimum atomic E-state index is -0.358. The third kappa shape index (κ3) is 3.87. The zero-order valence-electron chi connectivity index (χ0n) is 12.5. The number of aryl methyl sites for hydroxylation is 2. The summed E-state index contributed by atoms with van der Waals surface area (Å²) in [7, 11) is 1.54. The largest absolute Gasteiger partial charge is 0.495 e. The molecule has 0 heterocycles. The Morgan fingerprint density at radius 2 is 1.82 bits per heavy atom. The first-order chi connectivity index (χ1) is 10.4. The van der Waals surface area contributed by atoms with E-state index in [1.54, 1.807) is 25.3 Å². The quantitative estimate of drug-likeness (QED) is 0.779. The van der Waals surface area contributed by atoms with Gasteiger partial charge in [0.05, 0.1) is 18.5 Å². The summed E-state index contributed by atoms with van der Waals surface area (Å²) >= 11 is 11.3. The Hall–Kier alpha value is -1.85. The summed E-state index contributed by atoms with van der Waals surface area (Å²) in [5, 5.41) is 6.69. The second kappa shape index (κ2) is 6.94. The van der Waals surface area contributed by atoms with E-state index in [2.05, 4.69) is 10.6 Å². The summed E-state index contributed by atoms with van der Waals surface area (Å²) in [4.78, 5) is 0. The summed E-state index contributed by atoms with van der Waals surface area (Å²) in [6, 6.07) is 8.41. The molecule has 0 fully saturated rings. The number of halogens is 2. The number of hydrogen-bond acceptors (Lipinski definition) is 2. The van der Waals surface area contributed by atoms with E-state index in [1.807, 2.05) is 19.9 Å². The standard InChI is InChI=1S/C16H16ClFN2OS/c1-9-4-5-13(12(18)6-9)19-16(22)20-14-7-10(2)11(17)8-15(14)21-3/h4-8H,1-3H3,(H2,19,20,22). The van der Waals surface area contributed by atoms with Crippen LogP contribution in [0.15, 0.2) is 30.3 Å². The minimum absolute atomic E-state index is 0.266. The van der Waals surface area contributed by atoms with Crippen LogP contribution in [0, 0.1) is 19.7 Å². The van der Waals surface area contributed by atoms with Crippen molar-refractivity contribution < 1.29 is 9.13 Å². The molecule has 0 aromatic heterocycles. The molecule has 0 atom stereocenters. The molecule has 0 spiro atoms. The van der Waals surface area contributed by atoms with Crippen LogP contribution in [0.3, 0.4) is 0 Å². The molecule has 0 saturated heterocycles. The summed E-state index contributed by atoms with van der Waals surface area (Å²) in [5.41, 5.74) is 2.70. The molecular formula is C16H16ClFN2OS. The number of methoxy groups -OCH3 is 1. The van der Waals surface area contributed by atoms with Crippen LogP contribution < -0.4 is 15.4 Å². The topological polar surface area (TPSA) is 33.3 Å². The Kier molecular flexibility index (Phi) is 5.21. The SMILES string of the molecule is COc1cc(Cl)c(C)cc1NC(=S)Nc1ccc(C)cc1F. The molecule has 2 aromatic rings. The number of hydrogen-bond donors (Lipinski definition) is 2. The molecule has 0 aliphatic carbocycles. The lowest BCUT2D eigenvalue weighted by molar-refractivity contribution is 0.417. The van der Waals surface area contributed by atoms with Gasteiger partial charge in [-0.1, -0.05) is 17.7 Å². The van der Waals surface area contributed by atoms with Gasteiger partial charge in [0.15, 0.2) is 5.11 Å². The molecule has 116 valence electrons. The van der Waals surface area contributed by atoms with E-state index < -0.39 is 0 Å².